The third kappa shape index (κ3) is 3.77. The molecule has 1 aromatic carbocycles. The van der Waals surface area contributed by atoms with Crippen molar-refractivity contribution in [1.82, 2.24) is 4.90 Å². The molecule has 0 spiro atoms. The number of benzene rings is 1. The van der Waals surface area contributed by atoms with Crippen LogP contribution in [0, 0.1) is 6.92 Å². The summed E-state index contributed by atoms with van der Waals surface area (Å²) in [5, 5.41) is 0. The summed E-state index contributed by atoms with van der Waals surface area (Å²) in [5.41, 5.74) is 1.13. The van der Waals surface area contributed by atoms with E-state index in [9.17, 15) is 4.79 Å². The van der Waals surface area contributed by atoms with Crippen molar-refractivity contribution in [2.75, 3.05) is 13.1 Å². The lowest BCUT2D eigenvalue weighted by Gasteiger charge is -2.23. The fraction of sp³-hybridized carbons (Fsp3) is 0.500. The molecule has 3 heteroatoms. The van der Waals surface area contributed by atoms with Gasteiger partial charge in [-0.1, -0.05) is 12.1 Å². The van der Waals surface area contributed by atoms with Gasteiger partial charge in [-0.3, -0.25) is 4.79 Å². The fourth-order valence-corrected chi connectivity index (χ4v) is 1.74. The molecule has 1 aromatic rings. The molecule has 0 saturated heterocycles. The van der Waals surface area contributed by atoms with E-state index in [1.54, 1.807) is 11.8 Å². The van der Waals surface area contributed by atoms with Gasteiger partial charge >= 0.3 is 0 Å². The molecule has 17 heavy (non-hydrogen) atoms. The van der Waals surface area contributed by atoms with Gasteiger partial charge in [0.15, 0.2) is 6.10 Å². The number of hydrogen-bond acceptors (Lipinski definition) is 2. The first-order valence-corrected chi connectivity index (χ1v) is 6.10. The highest BCUT2D eigenvalue weighted by atomic mass is 16.5. The van der Waals surface area contributed by atoms with Crippen molar-refractivity contribution in [3.8, 4) is 5.75 Å². The van der Waals surface area contributed by atoms with E-state index in [2.05, 4.69) is 0 Å². The molecule has 0 radical (unpaired) electrons. The second-order valence-corrected chi connectivity index (χ2v) is 4.09. The standard InChI is InChI=1S/C14H21NO2/c1-5-15(6-2)14(16)12(4)17-13-9-7-8-11(3)10-13/h7-10,12H,5-6H2,1-4H3/t12-/m1/s1. The lowest BCUT2D eigenvalue weighted by molar-refractivity contribution is -0.137. The third-order valence-corrected chi connectivity index (χ3v) is 2.73. The van der Waals surface area contributed by atoms with E-state index in [-0.39, 0.29) is 5.91 Å². The number of carbonyl (C=O) groups is 1. The van der Waals surface area contributed by atoms with Crippen LogP contribution in [0.5, 0.6) is 5.75 Å². The van der Waals surface area contributed by atoms with Crippen molar-refractivity contribution in [2.45, 2.75) is 33.8 Å². The van der Waals surface area contributed by atoms with Gasteiger partial charge in [-0.15, -0.1) is 0 Å². The first kappa shape index (κ1) is 13.6. The summed E-state index contributed by atoms with van der Waals surface area (Å²) in [6.45, 7) is 9.18. The molecule has 1 atom stereocenters. The molecule has 0 aliphatic heterocycles. The van der Waals surface area contributed by atoms with Crippen LogP contribution in [0.4, 0.5) is 0 Å². The number of ether oxygens (including phenoxy) is 1. The predicted octanol–water partition coefficient (Wildman–Crippen LogP) is 2.63. The molecule has 0 unspecified atom stereocenters. The first-order valence-electron chi connectivity index (χ1n) is 6.10. The molecule has 0 aliphatic carbocycles. The summed E-state index contributed by atoms with van der Waals surface area (Å²) in [7, 11) is 0. The Morgan fingerprint density at radius 2 is 2.00 bits per heavy atom. The highest BCUT2D eigenvalue weighted by molar-refractivity contribution is 5.80. The van der Waals surface area contributed by atoms with Crippen LogP contribution in [0.1, 0.15) is 26.3 Å². The van der Waals surface area contributed by atoms with Gasteiger partial charge in [0.05, 0.1) is 0 Å². The van der Waals surface area contributed by atoms with Crippen molar-refractivity contribution < 1.29 is 9.53 Å². The second kappa shape index (κ2) is 6.28. The fourth-order valence-electron chi connectivity index (χ4n) is 1.74. The van der Waals surface area contributed by atoms with Gasteiger partial charge in [0, 0.05) is 13.1 Å². The minimum absolute atomic E-state index is 0.0384. The van der Waals surface area contributed by atoms with E-state index < -0.39 is 6.10 Å². The second-order valence-electron chi connectivity index (χ2n) is 4.09. The van der Waals surface area contributed by atoms with E-state index in [0.29, 0.717) is 0 Å². The van der Waals surface area contributed by atoms with Gasteiger partial charge in [0.2, 0.25) is 0 Å². The molecular weight excluding hydrogens is 214 g/mol. The van der Waals surface area contributed by atoms with Crippen molar-refractivity contribution in [3.05, 3.63) is 29.8 Å². The lowest BCUT2D eigenvalue weighted by Crippen LogP contribution is -2.40. The summed E-state index contributed by atoms with van der Waals surface area (Å²) in [4.78, 5) is 13.8. The molecule has 0 bridgehead atoms. The summed E-state index contributed by atoms with van der Waals surface area (Å²) < 4.78 is 5.65. The molecule has 0 heterocycles. The van der Waals surface area contributed by atoms with E-state index >= 15 is 0 Å². The summed E-state index contributed by atoms with van der Waals surface area (Å²) >= 11 is 0. The average Bonchev–Trinajstić information content (AvgIpc) is 2.30. The predicted molar refractivity (Wildman–Crippen MR) is 69.2 cm³/mol. The highest BCUT2D eigenvalue weighted by Crippen LogP contribution is 2.14. The maximum Gasteiger partial charge on any atom is 0.263 e. The number of hydrogen-bond donors (Lipinski definition) is 0. The SMILES string of the molecule is CCN(CC)C(=O)[C@@H](C)Oc1cccc(C)c1. The number of amides is 1. The van der Waals surface area contributed by atoms with E-state index in [1.807, 2.05) is 45.0 Å². The van der Waals surface area contributed by atoms with Crippen LogP contribution in [0.3, 0.4) is 0 Å². The summed E-state index contributed by atoms with van der Waals surface area (Å²) in [6, 6.07) is 7.74. The van der Waals surface area contributed by atoms with Gasteiger partial charge in [-0.2, -0.15) is 0 Å². The average molecular weight is 235 g/mol. The highest BCUT2D eigenvalue weighted by Gasteiger charge is 2.19. The van der Waals surface area contributed by atoms with Crippen molar-refractivity contribution >= 4 is 5.91 Å². The van der Waals surface area contributed by atoms with Crippen LogP contribution in [-0.4, -0.2) is 30.0 Å². The van der Waals surface area contributed by atoms with Crippen LogP contribution in [0.15, 0.2) is 24.3 Å². The summed E-state index contributed by atoms with van der Waals surface area (Å²) in [5.74, 6) is 0.787. The zero-order valence-electron chi connectivity index (χ0n) is 11.1. The van der Waals surface area contributed by atoms with Crippen LogP contribution >= 0.6 is 0 Å². The molecule has 0 aromatic heterocycles. The minimum Gasteiger partial charge on any atom is -0.481 e. The minimum atomic E-state index is -0.434. The van der Waals surface area contributed by atoms with Crippen LogP contribution in [0.2, 0.25) is 0 Å². The van der Waals surface area contributed by atoms with Crippen LogP contribution < -0.4 is 4.74 Å². The Hall–Kier alpha value is -1.51. The molecule has 0 fully saturated rings. The Morgan fingerprint density at radius 3 is 2.53 bits per heavy atom. The van der Waals surface area contributed by atoms with Crippen molar-refractivity contribution in [3.63, 3.8) is 0 Å². The maximum absolute atomic E-state index is 12.0. The molecule has 94 valence electrons. The van der Waals surface area contributed by atoms with E-state index in [4.69, 9.17) is 4.74 Å². The van der Waals surface area contributed by atoms with Gasteiger partial charge in [-0.25, -0.2) is 0 Å². The summed E-state index contributed by atoms with van der Waals surface area (Å²) in [6.07, 6.45) is -0.434. The zero-order valence-corrected chi connectivity index (χ0v) is 11.1. The number of rotatable bonds is 5. The van der Waals surface area contributed by atoms with Crippen LogP contribution in [-0.2, 0) is 4.79 Å². The molecule has 1 amide bonds. The molecule has 1 rings (SSSR count). The Bertz CT molecular complexity index is 372. The zero-order chi connectivity index (χ0) is 12.8. The first-order chi connectivity index (χ1) is 8.08. The molecular formula is C14H21NO2. The largest absolute Gasteiger partial charge is 0.481 e. The normalized spacial score (nSPS) is 12.0. The molecule has 0 N–H and O–H groups in total. The van der Waals surface area contributed by atoms with Crippen LogP contribution in [0.25, 0.3) is 0 Å². The Kier molecular flexibility index (Phi) is 5.01. The molecule has 0 saturated carbocycles. The Balaban J connectivity index is 2.65. The monoisotopic (exact) mass is 235 g/mol. The van der Waals surface area contributed by atoms with Crippen molar-refractivity contribution in [2.24, 2.45) is 0 Å². The number of aryl methyl sites for hydroxylation is 1. The molecule has 3 nitrogen and oxygen atoms in total. The smallest absolute Gasteiger partial charge is 0.263 e. The quantitative estimate of drug-likeness (QED) is 0.785. The van der Waals surface area contributed by atoms with Gasteiger partial charge in [0.1, 0.15) is 5.75 Å². The van der Waals surface area contributed by atoms with Gasteiger partial charge < -0.3 is 9.64 Å². The Labute approximate surface area is 103 Å². The van der Waals surface area contributed by atoms with Crippen molar-refractivity contribution in [1.29, 1.82) is 0 Å². The van der Waals surface area contributed by atoms with E-state index in [1.165, 1.54) is 0 Å². The molecule has 0 aliphatic rings. The van der Waals surface area contributed by atoms with Gasteiger partial charge in [0.25, 0.3) is 5.91 Å². The lowest BCUT2D eigenvalue weighted by atomic mass is 10.2. The number of carbonyl (C=O) groups excluding carboxylic acids is 1. The topological polar surface area (TPSA) is 29.5 Å². The number of likely N-dealkylation sites (N-methyl/N-ethyl adjacent to an activating group) is 1. The van der Waals surface area contributed by atoms with E-state index in [0.717, 1.165) is 24.4 Å². The Morgan fingerprint density at radius 1 is 1.35 bits per heavy atom. The third-order valence-electron chi connectivity index (χ3n) is 2.73. The number of nitrogens with zero attached hydrogens (tertiary/aromatic N) is 1. The van der Waals surface area contributed by atoms with Gasteiger partial charge in [-0.05, 0) is 45.4 Å². The maximum atomic E-state index is 12.0.